The molecule has 1 aliphatic heterocycles. The minimum absolute atomic E-state index is 0.00166. The number of carbonyl (C=O) groups excluding carboxylic acids is 2. The fraction of sp³-hybridized carbons (Fsp3) is 0.241. The SMILES string of the molecule is NCc1ccc(CC(O)(CNC(=O)c2ccccc2O)[C@H]2OCCN(c3ccn(-c4ccncc4)n3)C2=O)cc1F. The van der Waals surface area contributed by atoms with Gasteiger partial charge in [-0.15, -0.1) is 5.10 Å². The largest absolute Gasteiger partial charge is 0.507 e. The first-order valence-electron chi connectivity index (χ1n) is 12.9. The van der Waals surface area contributed by atoms with Crippen LogP contribution in [0.1, 0.15) is 21.5 Å². The summed E-state index contributed by atoms with van der Waals surface area (Å²) in [6, 6.07) is 15.5. The van der Waals surface area contributed by atoms with Crippen molar-refractivity contribution in [3.8, 4) is 11.4 Å². The summed E-state index contributed by atoms with van der Waals surface area (Å²) < 4.78 is 22.0. The van der Waals surface area contributed by atoms with Crippen molar-refractivity contribution in [1.29, 1.82) is 0 Å². The molecule has 2 aromatic heterocycles. The lowest BCUT2D eigenvalue weighted by atomic mass is 9.86. The van der Waals surface area contributed by atoms with Crippen molar-refractivity contribution in [2.45, 2.75) is 24.7 Å². The molecule has 5 rings (SSSR count). The number of ether oxygens (including phenoxy) is 1. The Kier molecular flexibility index (Phi) is 8.06. The Morgan fingerprint density at radius 2 is 1.95 bits per heavy atom. The third-order valence-electron chi connectivity index (χ3n) is 6.91. The monoisotopic (exact) mass is 560 g/mol. The standard InChI is InChI=1S/C29H29FN6O5/c30-23-15-19(5-6-20(23)17-31)16-29(40,18-33-27(38)22-3-1-2-4-24(22)37)26-28(39)35(13-14-41-26)25-9-12-36(34-25)21-7-10-32-11-8-21/h1-12,15,26,37,40H,13-14,16-18,31H2,(H,33,38)/t26-,29?/m0/s1. The second kappa shape index (κ2) is 11.8. The summed E-state index contributed by atoms with van der Waals surface area (Å²) in [5.41, 5.74) is 4.99. The predicted molar refractivity (Wildman–Crippen MR) is 147 cm³/mol. The van der Waals surface area contributed by atoms with E-state index in [9.17, 15) is 24.2 Å². The number of benzene rings is 2. The van der Waals surface area contributed by atoms with Crippen LogP contribution in [-0.2, 0) is 22.5 Å². The van der Waals surface area contributed by atoms with Crippen LogP contribution in [0.4, 0.5) is 10.2 Å². The highest BCUT2D eigenvalue weighted by molar-refractivity contribution is 5.98. The van der Waals surface area contributed by atoms with Crippen molar-refractivity contribution < 1.29 is 28.9 Å². The van der Waals surface area contributed by atoms with Gasteiger partial charge in [-0.1, -0.05) is 24.3 Å². The number of morpholine rings is 1. The molecule has 0 spiro atoms. The zero-order valence-electron chi connectivity index (χ0n) is 22.0. The molecule has 3 heterocycles. The lowest BCUT2D eigenvalue weighted by Gasteiger charge is -2.40. The molecule has 41 heavy (non-hydrogen) atoms. The van der Waals surface area contributed by atoms with E-state index in [0.29, 0.717) is 16.9 Å². The number of hydrogen-bond donors (Lipinski definition) is 4. The van der Waals surface area contributed by atoms with Crippen LogP contribution in [0.5, 0.6) is 5.75 Å². The van der Waals surface area contributed by atoms with Crippen LogP contribution in [0.25, 0.3) is 5.69 Å². The lowest BCUT2D eigenvalue weighted by Crippen LogP contribution is -2.63. The van der Waals surface area contributed by atoms with Gasteiger partial charge in [0.15, 0.2) is 11.9 Å². The number of phenolic OH excluding ortho intramolecular Hbond substituents is 1. The van der Waals surface area contributed by atoms with E-state index in [-0.39, 0.29) is 37.4 Å². The molecule has 5 N–H and O–H groups in total. The topological polar surface area (TPSA) is 156 Å². The number of anilines is 1. The summed E-state index contributed by atoms with van der Waals surface area (Å²) in [6.07, 6.45) is 3.29. The van der Waals surface area contributed by atoms with E-state index in [1.54, 1.807) is 59.7 Å². The summed E-state index contributed by atoms with van der Waals surface area (Å²) in [5, 5.41) is 29.2. The van der Waals surface area contributed by atoms with E-state index in [1.165, 1.54) is 29.2 Å². The number of pyridine rings is 1. The second-order valence-electron chi connectivity index (χ2n) is 9.67. The van der Waals surface area contributed by atoms with Gasteiger partial charge in [0, 0.05) is 43.2 Å². The van der Waals surface area contributed by atoms with Crippen molar-refractivity contribution in [1.82, 2.24) is 20.1 Å². The van der Waals surface area contributed by atoms with Crippen LogP contribution >= 0.6 is 0 Å². The maximum atomic E-state index is 14.6. The number of hydrogen-bond acceptors (Lipinski definition) is 8. The average molecular weight is 561 g/mol. The highest BCUT2D eigenvalue weighted by Crippen LogP contribution is 2.28. The van der Waals surface area contributed by atoms with Gasteiger partial charge in [0.05, 0.1) is 30.9 Å². The van der Waals surface area contributed by atoms with Gasteiger partial charge in [-0.3, -0.25) is 19.5 Å². The molecule has 0 bridgehead atoms. The number of rotatable bonds is 9. The molecule has 12 heteroatoms. The van der Waals surface area contributed by atoms with E-state index in [4.69, 9.17) is 10.5 Å². The number of aromatic hydroxyl groups is 1. The van der Waals surface area contributed by atoms with Crippen LogP contribution in [0.3, 0.4) is 0 Å². The van der Waals surface area contributed by atoms with E-state index in [0.717, 1.165) is 5.69 Å². The molecule has 0 aliphatic carbocycles. The molecule has 1 fully saturated rings. The molecular formula is C29H29FN6O5. The van der Waals surface area contributed by atoms with Crippen LogP contribution < -0.4 is 16.0 Å². The third-order valence-corrected chi connectivity index (χ3v) is 6.91. The fourth-order valence-corrected chi connectivity index (χ4v) is 4.76. The van der Waals surface area contributed by atoms with E-state index >= 15 is 0 Å². The first kappa shape index (κ1) is 27.9. The van der Waals surface area contributed by atoms with E-state index < -0.39 is 35.9 Å². The van der Waals surface area contributed by atoms with Gasteiger partial charge in [0.25, 0.3) is 11.8 Å². The Bertz CT molecular complexity index is 1550. The Morgan fingerprint density at radius 1 is 1.17 bits per heavy atom. The second-order valence-corrected chi connectivity index (χ2v) is 9.67. The average Bonchev–Trinajstić information content (AvgIpc) is 3.47. The Labute approximate surface area is 235 Å². The third kappa shape index (κ3) is 5.94. The molecule has 1 aliphatic rings. The smallest absolute Gasteiger partial charge is 0.260 e. The van der Waals surface area contributed by atoms with Gasteiger partial charge in [-0.05, 0) is 35.9 Å². The molecule has 212 valence electrons. The number of amides is 2. The zero-order chi connectivity index (χ0) is 29.0. The van der Waals surface area contributed by atoms with Crippen LogP contribution in [-0.4, -0.2) is 68.2 Å². The lowest BCUT2D eigenvalue weighted by molar-refractivity contribution is -0.157. The number of para-hydroxylation sites is 1. The maximum Gasteiger partial charge on any atom is 0.260 e. The molecular weight excluding hydrogens is 531 g/mol. The zero-order valence-corrected chi connectivity index (χ0v) is 22.0. The van der Waals surface area contributed by atoms with Crippen molar-refractivity contribution in [3.05, 3.63) is 102 Å². The summed E-state index contributed by atoms with van der Waals surface area (Å²) >= 11 is 0. The van der Waals surface area contributed by atoms with E-state index in [1.807, 2.05) is 0 Å². The summed E-state index contributed by atoms with van der Waals surface area (Å²) in [7, 11) is 0. The van der Waals surface area contributed by atoms with Crippen molar-refractivity contribution in [2.75, 3.05) is 24.6 Å². The van der Waals surface area contributed by atoms with Crippen LogP contribution in [0.2, 0.25) is 0 Å². The summed E-state index contributed by atoms with van der Waals surface area (Å²) in [4.78, 5) is 32.1. The molecule has 0 saturated carbocycles. The van der Waals surface area contributed by atoms with Crippen molar-refractivity contribution in [2.24, 2.45) is 5.73 Å². The maximum absolute atomic E-state index is 14.6. The van der Waals surface area contributed by atoms with Gasteiger partial charge in [0.2, 0.25) is 0 Å². The Balaban J connectivity index is 1.43. The first-order chi connectivity index (χ1) is 19.8. The predicted octanol–water partition coefficient (Wildman–Crippen LogP) is 1.71. The molecule has 2 amide bonds. The number of phenols is 1. The number of carbonyl (C=O) groups is 2. The summed E-state index contributed by atoms with van der Waals surface area (Å²) in [6.45, 7) is -0.175. The molecule has 2 atom stereocenters. The van der Waals surface area contributed by atoms with Crippen LogP contribution in [0.15, 0.2) is 79.3 Å². The van der Waals surface area contributed by atoms with Gasteiger partial charge in [-0.2, -0.15) is 0 Å². The molecule has 2 aromatic carbocycles. The van der Waals surface area contributed by atoms with Crippen molar-refractivity contribution >= 4 is 17.6 Å². The Hall–Kier alpha value is -4.65. The van der Waals surface area contributed by atoms with E-state index in [2.05, 4.69) is 15.4 Å². The number of aliphatic hydroxyl groups is 1. The highest BCUT2D eigenvalue weighted by Gasteiger charge is 2.47. The Morgan fingerprint density at radius 3 is 2.68 bits per heavy atom. The quantitative estimate of drug-likeness (QED) is 0.241. The number of aromatic nitrogens is 3. The number of nitrogens with one attached hydrogen (secondary N) is 1. The first-order valence-corrected chi connectivity index (χ1v) is 12.9. The minimum Gasteiger partial charge on any atom is -0.507 e. The number of nitrogens with two attached hydrogens (primary N) is 1. The normalized spacial score (nSPS) is 16.8. The summed E-state index contributed by atoms with van der Waals surface area (Å²) in [5.74, 6) is -1.69. The molecule has 0 radical (unpaired) electrons. The minimum atomic E-state index is -2.00. The fourth-order valence-electron chi connectivity index (χ4n) is 4.76. The number of nitrogens with zero attached hydrogens (tertiary/aromatic N) is 4. The molecule has 1 unspecified atom stereocenters. The van der Waals surface area contributed by atoms with Crippen LogP contribution in [0, 0.1) is 5.82 Å². The number of halogens is 1. The highest BCUT2D eigenvalue weighted by atomic mass is 19.1. The molecule has 1 saturated heterocycles. The van der Waals surface area contributed by atoms with Gasteiger partial charge < -0.3 is 26.0 Å². The molecule has 4 aromatic rings. The van der Waals surface area contributed by atoms with Gasteiger partial charge in [0.1, 0.15) is 17.2 Å². The molecule has 11 nitrogen and oxygen atoms in total. The van der Waals surface area contributed by atoms with Gasteiger partial charge in [-0.25, -0.2) is 9.07 Å². The van der Waals surface area contributed by atoms with Crippen molar-refractivity contribution in [3.63, 3.8) is 0 Å². The van der Waals surface area contributed by atoms with Gasteiger partial charge >= 0.3 is 0 Å².